The van der Waals surface area contributed by atoms with Gasteiger partial charge in [0.15, 0.2) is 31.5 Å². The lowest BCUT2D eigenvalue weighted by Crippen LogP contribution is -2.46. The molecule has 38 nitrogen and oxygen atoms in total. The van der Waals surface area contributed by atoms with Crippen molar-refractivity contribution in [3.05, 3.63) is 12.3 Å². The SMILES string of the molecule is C.C.C=C(C)OCC(=O)NC(C)(C)C.CC(C)OC(C)C(=O)NC(C)(C)C.CC(C=NC(C)(C)C)OC(=O)C(C)OC(=O)C(C)C.COC(C)C(=O)NC(C)(C)C.COC(C)C(=O)OCC(=O)OCC=NC(C)(C)C.COC(C)COC(C)C=NC(C)(C)C.COC(C)COC(C)C=NC(C)(C)C.COCC(=O)NC(C)(C)C.COCC(=O)OC(C)C(=O)OC(C)C=NC(C)(C)C.COCCOCC=NC(C)(C)C. The molecule has 38 heteroatoms. The fraction of sp³-hybridized carbons (Fsp3) is 0.830. The van der Waals surface area contributed by atoms with Crippen LogP contribution in [0.25, 0.3) is 0 Å². The number of aliphatic imine (C=N–C) groups is 6. The maximum absolute atomic E-state index is 11.7. The molecule has 4 amide bonds. The third kappa shape index (κ3) is 138. The zero-order chi connectivity index (χ0) is 114. The Morgan fingerprint density at radius 1 is 0.312 bits per heavy atom. The van der Waals surface area contributed by atoms with Crippen LogP contribution < -0.4 is 21.3 Å². The van der Waals surface area contributed by atoms with E-state index < -0.39 is 72.9 Å². The molecule has 0 aliphatic carbocycles. The molecule has 0 fully saturated rings. The molecule has 0 radical (unpaired) electrons. The van der Waals surface area contributed by atoms with E-state index in [-0.39, 0.29) is 169 Å². The minimum absolute atomic E-state index is 0. The first kappa shape index (κ1) is 161. The van der Waals surface area contributed by atoms with Crippen LogP contribution in [-0.4, -0.2) is 341 Å². The van der Waals surface area contributed by atoms with Gasteiger partial charge in [-0.05, 0) is 305 Å². The Labute approximate surface area is 873 Å². The van der Waals surface area contributed by atoms with Gasteiger partial charge in [-0.3, -0.25) is 53.9 Å². The summed E-state index contributed by atoms with van der Waals surface area (Å²) in [7, 11) is 10.8. The molecule has 0 heterocycles. The Morgan fingerprint density at radius 3 is 0.938 bits per heavy atom. The second-order valence-electron chi connectivity index (χ2n) is 43.5. The molecule has 0 saturated heterocycles. The van der Waals surface area contributed by atoms with Crippen molar-refractivity contribution >= 4 is 96.7 Å². The molecular formula is C106H212N10O28. The summed E-state index contributed by atoms with van der Waals surface area (Å²) in [5.41, 5.74) is -1.40. The van der Waals surface area contributed by atoms with E-state index in [4.69, 9.17) is 71.1 Å². The largest absolute Gasteiger partial charge is 0.489 e. The molecule has 0 aliphatic rings. The number of hydrogen-bond acceptors (Lipinski definition) is 34. The van der Waals surface area contributed by atoms with E-state index in [9.17, 15) is 47.9 Å². The van der Waals surface area contributed by atoms with Crippen LogP contribution in [0.15, 0.2) is 42.3 Å². The van der Waals surface area contributed by atoms with E-state index in [1.54, 1.807) is 88.4 Å². The van der Waals surface area contributed by atoms with Gasteiger partial charge in [-0.15, -0.1) is 0 Å². The van der Waals surface area contributed by atoms with Gasteiger partial charge in [0.25, 0.3) is 5.91 Å². The summed E-state index contributed by atoms with van der Waals surface area (Å²) < 4.78 is 89.7. The molecule has 11 atom stereocenters. The van der Waals surface area contributed by atoms with Gasteiger partial charge >= 0.3 is 35.8 Å². The summed E-state index contributed by atoms with van der Waals surface area (Å²) in [5, 5.41) is 11.2. The van der Waals surface area contributed by atoms with Gasteiger partial charge in [-0.1, -0.05) is 35.3 Å². The molecule has 0 spiro atoms. The van der Waals surface area contributed by atoms with E-state index in [1.807, 2.05) is 199 Å². The van der Waals surface area contributed by atoms with Gasteiger partial charge in [-0.25, -0.2) is 24.0 Å². The van der Waals surface area contributed by atoms with Crippen molar-refractivity contribution in [2.75, 3.05) is 116 Å². The zero-order valence-corrected chi connectivity index (χ0v) is 98.4. The molecule has 0 rings (SSSR count). The molecule has 0 aromatic carbocycles. The monoisotopic (exact) mass is 2070 g/mol. The van der Waals surface area contributed by atoms with Crippen LogP contribution in [-0.2, 0) is 133 Å². The van der Waals surface area contributed by atoms with Crippen molar-refractivity contribution in [2.24, 2.45) is 35.9 Å². The van der Waals surface area contributed by atoms with E-state index in [0.29, 0.717) is 38.8 Å². The lowest BCUT2D eigenvalue weighted by Gasteiger charge is -2.24. The number of carbonyl (C=O) groups excluding carboxylic acids is 10. The van der Waals surface area contributed by atoms with Crippen LogP contribution in [0.1, 0.15) is 333 Å². The molecule has 4 N–H and O–H groups in total. The van der Waals surface area contributed by atoms with Gasteiger partial charge in [0.05, 0.1) is 108 Å². The van der Waals surface area contributed by atoms with Crippen molar-refractivity contribution in [2.45, 2.75) is 462 Å². The molecule has 0 saturated carbocycles. The predicted molar refractivity (Wildman–Crippen MR) is 583 cm³/mol. The maximum Gasteiger partial charge on any atom is 0.347 e. The summed E-state index contributed by atoms with van der Waals surface area (Å²) in [6.45, 7) is 93.7. The fourth-order valence-electron chi connectivity index (χ4n) is 7.65. The smallest absolute Gasteiger partial charge is 0.347 e. The molecule has 0 bridgehead atoms. The highest BCUT2D eigenvalue weighted by Crippen LogP contribution is 2.14. The summed E-state index contributed by atoms with van der Waals surface area (Å²) in [6, 6.07) is 0. The highest BCUT2D eigenvalue weighted by Gasteiger charge is 2.27. The van der Waals surface area contributed by atoms with Crippen molar-refractivity contribution in [1.82, 2.24) is 21.3 Å². The third-order valence-electron chi connectivity index (χ3n) is 14.5. The molecule has 854 valence electrons. The Morgan fingerprint density at radius 2 is 0.639 bits per heavy atom. The Kier molecular flexibility index (Phi) is 95.9. The summed E-state index contributed by atoms with van der Waals surface area (Å²) in [6.07, 6.45) is 6.37. The van der Waals surface area contributed by atoms with Crippen LogP contribution in [0.4, 0.5) is 0 Å². The summed E-state index contributed by atoms with van der Waals surface area (Å²) in [4.78, 5) is 138. The zero-order valence-electron chi connectivity index (χ0n) is 98.4. The Hall–Kier alpha value is -8.18. The lowest BCUT2D eigenvalue weighted by molar-refractivity contribution is -0.169. The summed E-state index contributed by atoms with van der Waals surface area (Å²) in [5.74, 6) is -3.46. The number of nitrogens with one attached hydrogen (secondary N) is 4. The second-order valence-corrected chi connectivity index (χ2v) is 43.5. The molecule has 0 aliphatic heterocycles. The lowest BCUT2D eigenvalue weighted by atomic mass is 10.1. The van der Waals surface area contributed by atoms with Gasteiger partial charge < -0.3 is 107 Å². The molecule has 11 unspecified atom stereocenters. The van der Waals surface area contributed by atoms with E-state index >= 15 is 0 Å². The topological polar surface area (TPSA) is 459 Å². The standard InChI is InChI=1S/C14H25NO4.C13H23NO5.C12H21NO5.2C11H23NO2.C10H21NO2.C9H17NO2.C9H19NO2.C8H17NO2.C7H15NO2.2CH4/c1-9(2)12(16)19-11(4)13(17)18-10(3)8-15-14(5,6)7;1-9(7-14-13(3,4)5)18-12(16)10(2)19-11(15)8-17-6;1-9(16-5)11(15)18-8-10(14)17-7-6-13-12(2,3)4;2*1-9(7-12-11(3,4)5)14-8-10(2)13-6;1-7(2)13-8(3)9(12)11-10(4,5)6;1-7(2)12-6-8(11)10-9(3,4)5;1-9(2,3)10-5-6-12-8-7-11-4;1-6(11-5)7(10)9-8(2,3)4;1-7(2,3)8-6(9)5-10-4;;/h8-11H,1-7H3;7,9-10H,8H2,1-6H3;6,9H,7-8H2,1-5H3;2*7,9-10H,8H2,1-6H3;7-8H,1-6H3,(H,11,12);1,6H2,2-5H3,(H,10,11);5H,6-8H2,1-4H3;6H,1-5H3,(H,9,10);5H2,1-4H3,(H,8,9);2*1H4. The van der Waals surface area contributed by atoms with E-state index in [2.05, 4.69) is 134 Å². The quantitative estimate of drug-likeness (QED) is 0.0145. The number of methoxy groups -OCH3 is 7. The first-order chi connectivity index (χ1) is 64.0. The van der Waals surface area contributed by atoms with Gasteiger partial charge in [0, 0.05) is 109 Å². The highest BCUT2D eigenvalue weighted by atomic mass is 16.6. The second kappa shape index (κ2) is 85.7. The van der Waals surface area contributed by atoms with Gasteiger partial charge in [-0.2, -0.15) is 0 Å². The van der Waals surface area contributed by atoms with Crippen LogP contribution in [0.2, 0.25) is 0 Å². The van der Waals surface area contributed by atoms with Crippen molar-refractivity contribution in [1.29, 1.82) is 0 Å². The number of carbonyl (C=O) groups is 10. The number of nitrogens with zero attached hydrogens (tertiary/aromatic N) is 6. The maximum atomic E-state index is 11.7. The minimum Gasteiger partial charge on any atom is -0.489 e. The predicted octanol–water partition coefficient (Wildman–Crippen LogP) is 16.7. The third-order valence-corrected chi connectivity index (χ3v) is 14.5. The number of esters is 6. The summed E-state index contributed by atoms with van der Waals surface area (Å²) >= 11 is 0. The number of hydrogen-bond donors (Lipinski definition) is 4. The molecule has 0 aromatic heterocycles. The normalized spacial score (nSPS) is 14.2. The van der Waals surface area contributed by atoms with E-state index in [1.165, 1.54) is 55.4 Å². The number of allylic oxidation sites excluding steroid dienone is 1. The first-order valence-electron chi connectivity index (χ1n) is 48.1. The van der Waals surface area contributed by atoms with Crippen molar-refractivity contribution in [3.8, 4) is 0 Å². The van der Waals surface area contributed by atoms with Crippen molar-refractivity contribution in [3.63, 3.8) is 0 Å². The number of ether oxygens (including phenoxy) is 18. The number of amides is 4. The average molecular weight is 2070 g/mol. The van der Waals surface area contributed by atoms with Crippen molar-refractivity contribution < 1.29 is 133 Å². The van der Waals surface area contributed by atoms with Crippen LogP contribution in [0.5, 0.6) is 0 Å². The van der Waals surface area contributed by atoms with Crippen LogP contribution >= 0.6 is 0 Å². The Bertz CT molecular complexity index is 3500. The molecule has 0 aromatic rings. The first-order valence-corrected chi connectivity index (χ1v) is 48.1. The molecular weight excluding hydrogens is 1860 g/mol. The minimum atomic E-state index is -0.965. The molecule has 144 heavy (non-hydrogen) atoms. The van der Waals surface area contributed by atoms with Crippen LogP contribution in [0.3, 0.4) is 0 Å². The number of rotatable bonds is 42. The fourth-order valence-corrected chi connectivity index (χ4v) is 7.65. The Balaban J connectivity index is -0.000000135. The highest BCUT2D eigenvalue weighted by molar-refractivity contribution is 5.84. The van der Waals surface area contributed by atoms with Gasteiger partial charge in [0.1, 0.15) is 44.2 Å². The van der Waals surface area contributed by atoms with Gasteiger partial charge in [0.2, 0.25) is 17.7 Å². The average Bonchev–Trinajstić information content (AvgIpc) is 0.913. The van der Waals surface area contributed by atoms with E-state index in [0.717, 1.165) is 0 Å². The van der Waals surface area contributed by atoms with Crippen LogP contribution in [0, 0.1) is 5.92 Å².